The fourth-order valence-electron chi connectivity index (χ4n) is 2.87. The minimum Gasteiger partial charge on any atom is -0.493 e. The molecule has 3 rings (SSSR count). The number of ether oxygens (including phenoxy) is 2. The molecule has 7 heteroatoms. The number of carbonyl (C=O) groups excluding carboxylic acids is 1. The number of anilines is 2. The summed E-state index contributed by atoms with van der Waals surface area (Å²) in [5.41, 5.74) is 2.45. The van der Waals surface area contributed by atoms with E-state index in [0.29, 0.717) is 12.2 Å². The smallest absolute Gasteiger partial charge is 0.225 e. The minimum absolute atomic E-state index is 0.0741. The van der Waals surface area contributed by atoms with Gasteiger partial charge in [0.15, 0.2) is 23.1 Å². The van der Waals surface area contributed by atoms with Gasteiger partial charge in [-0.05, 0) is 41.8 Å². The van der Waals surface area contributed by atoms with Crippen LogP contribution in [-0.2, 0) is 17.8 Å². The highest BCUT2D eigenvalue weighted by molar-refractivity contribution is 5.89. The van der Waals surface area contributed by atoms with Gasteiger partial charge in [-0.15, -0.1) is 10.2 Å². The minimum atomic E-state index is -0.0741. The van der Waals surface area contributed by atoms with E-state index in [2.05, 4.69) is 20.4 Å². The molecule has 1 aliphatic heterocycles. The van der Waals surface area contributed by atoms with E-state index in [4.69, 9.17) is 9.47 Å². The van der Waals surface area contributed by atoms with Crippen molar-refractivity contribution < 1.29 is 14.3 Å². The average molecular weight is 342 g/mol. The first-order valence-electron chi connectivity index (χ1n) is 8.27. The first kappa shape index (κ1) is 17.0. The van der Waals surface area contributed by atoms with E-state index < -0.39 is 0 Å². The fourth-order valence-corrected chi connectivity index (χ4v) is 2.87. The summed E-state index contributed by atoms with van der Waals surface area (Å²) in [5, 5.41) is 11.0. The molecule has 0 unspecified atom stereocenters. The normalized spacial score (nSPS) is 13.2. The summed E-state index contributed by atoms with van der Waals surface area (Å²) in [6.07, 6.45) is 1.31. The van der Waals surface area contributed by atoms with Crippen LogP contribution in [0.3, 0.4) is 0 Å². The number of carbonyl (C=O) groups is 1. The maximum absolute atomic E-state index is 11.4. The number of amides is 1. The molecule has 0 radical (unpaired) electrons. The van der Waals surface area contributed by atoms with Gasteiger partial charge >= 0.3 is 0 Å². The molecule has 2 aromatic rings. The summed E-state index contributed by atoms with van der Waals surface area (Å²) in [6, 6.07) is 7.72. The molecule has 1 aromatic carbocycles. The molecule has 0 atom stereocenters. The molecule has 7 nitrogen and oxygen atoms in total. The zero-order valence-electron chi connectivity index (χ0n) is 14.7. The second-order valence-electron chi connectivity index (χ2n) is 5.83. The number of nitrogens with one attached hydrogen (secondary N) is 1. The molecular formula is C18H22N4O3. The van der Waals surface area contributed by atoms with Crippen molar-refractivity contribution in [3.63, 3.8) is 0 Å². The lowest BCUT2D eigenvalue weighted by Crippen LogP contribution is -2.31. The molecule has 1 amide bonds. The third kappa shape index (κ3) is 3.65. The number of hydrogen-bond acceptors (Lipinski definition) is 6. The van der Waals surface area contributed by atoms with Crippen LogP contribution < -0.4 is 19.7 Å². The van der Waals surface area contributed by atoms with E-state index in [-0.39, 0.29) is 5.91 Å². The quantitative estimate of drug-likeness (QED) is 0.899. The molecule has 1 aromatic heterocycles. The maximum atomic E-state index is 11.4. The average Bonchev–Trinajstić information content (AvgIpc) is 2.66. The molecule has 25 heavy (non-hydrogen) atoms. The summed E-state index contributed by atoms with van der Waals surface area (Å²) in [5.74, 6) is 2.67. The highest BCUT2D eigenvalue weighted by Crippen LogP contribution is 2.34. The molecule has 2 heterocycles. The van der Waals surface area contributed by atoms with Gasteiger partial charge in [0.05, 0.1) is 14.2 Å². The van der Waals surface area contributed by atoms with Crippen molar-refractivity contribution in [1.82, 2.24) is 10.2 Å². The van der Waals surface area contributed by atoms with Crippen molar-refractivity contribution in [3.8, 4) is 11.5 Å². The highest BCUT2D eigenvalue weighted by atomic mass is 16.5. The van der Waals surface area contributed by atoms with E-state index in [1.54, 1.807) is 27.2 Å². The molecular weight excluding hydrogens is 320 g/mol. The first-order valence-corrected chi connectivity index (χ1v) is 8.27. The van der Waals surface area contributed by atoms with Crippen molar-refractivity contribution in [2.24, 2.45) is 0 Å². The maximum Gasteiger partial charge on any atom is 0.225 e. The standard InChI is InChI=1S/C18H22N4O3/c1-4-18(23)19-16-5-6-17(21-20-16)22-8-7-12-9-14(24-2)15(25-3)10-13(12)11-22/h5-6,9-10H,4,7-8,11H2,1-3H3,(H,19,20,23). The van der Waals surface area contributed by atoms with Crippen LogP contribution in [0.5, 0.6) is 11.5 Å². The van der Waals surface area contributed by atoms with Gasteiger partial charge in [0.25, 0.3) is 0 Å². The van der Waals surface area contributed by atoms with Gasteiger partial charge in [-0.2, -0.15) is 0 Å². The summed E-state index contributed by atoms with van der Waals surface area (Å²) in [4.78, 5) is 13.6. The highest BCUT2D eigenvalue weighted by Gasteiger charge is 2.20. The third-order valence-electron chi connectivity index (χ3n) is 4.28. The van der Waals surface area contributed by atoms with Crippen LogP contribution in [-0.4, -0.2) is 36.9 Å². The van der Waals surface area contributed by atoms with Crippen LogP contribution in [0.2, 0.25) is 0 Å². The van der Waals surface area contributed by atoms with Crippen molar-refractivity contribution in [3.05, 3.63) is 35.4 Å². The zero-order chi connectivity index (χ0) is 17.8. The lowest BCUT2D eigenvalue weighted by atomic mass is 9.99. The molecule has 0 saturated heterocycles. The second kappa shape index (κ2) is 7.38. The Hall–Kier alpha value is -2.83. The largest absolute Gasteiger partial charge is 0.493 e. The summed E-state index contributed by atoms with van der Waals surface area (Å²) >= 11 is 0. The molecule has 0 fully saturated rings. The third-order valence-corrected chi connectivity index (χ3v) is 4.28. The molecule has 1 aliphatic rings. The first-order chi connectivity index (χ1) is 12.1. The second-order valence-corrected chi connectivity index (χ2v) is 5.83. The molecule has 0 spiro atoms. The van der Waals surface area contributed by atoms with Gasteiger partial charge in [-0.25, -0.2) is 0 Å². The lowest BCUT2D eigenvalue weighted by molar-refractivity contribution is -0.115. The Morgan fingerprint density at radius 1 is 1.16 bits per heavy atom. The van der Waals surface area contributed by atoms with E-state index >= 15 is 0 Å². The predicted molar refractivity (Wildman–Crippen MR) is 95.3 cm³/mol. The van der Waals surface area contributed by atoms with E-state index in [9.17, 15) is 4.79 Å². The number of rotatable bonds is 5. The number of nitrogens with zero attached hydrogens (tertiary/aromatic N) is 3. The van der Waals surface area contributed by atoms with Gasteiger partial charge in [0.2, 0.25) is 5.91 Å². The Balaban J connectivity index is 1.77. The Morgan fingerprint density at radius 2 is 1.88 bits per heavy atom. The van der Waals surface area contributed by atoms with Crippen LogP contribution in [0.25, 0.3) is 0 Å². The zero-order valence-corrected chi connectivity index (χ0v) is 14.7. The van der Waals surface area contributed by atoms with Crippen molar-refractivity contribution in [2.75, 3.05) is 31.0 Å². The van der Waals surface area contributed by atoms with Gasteiger partial charge in [0.1, 0.15) is 0 Å². The number of methoxy groups -OCH3 is 2. The van der Waals surface area contributed by atoms with E-state index in [0.717, 1.165) is 36.8 Å². The topological polar surface area (TPSA) is 76.6 Å². The summed E-state index contributed by atoms with van der Waals surface area (Å²) < 4.78 is 10.8. The van der Waals surface area contributed by atoms with Crippen LogP contribution in [0.4, 0.5) is 11.6 Å². The van der Waals surface area contributed by atoms with Crippen molar-refractivity contribution in [1.29, 1.82) is 0 Å². The number of hydrogen-bond donors (Lipinski definition) is 1. The predicted octanol–water partition coefficient (Wildman–Crippen LogP) is 2.41. The molecule has 132 valence electrons. The van der Waals surface area contributed by atoms with Crippen LogP contribution in [0.1, 0.15) is 24.5 Å². The van der Waals surface area contributed by atoms with Gasteiger partial charge < -0.3 is 19.7 Å². The Kier molecular flexibility index (Phi) is 5.02. The number of fused-ring (bicyclic) bond motifs is 1. The van der Waals surface area contributed by atoms with Gasteiger partial charge in [-0.1, -0.05) is 6.92 Å². The fraction of sp³-hybridized carbons (Fsp3) is 0.389. The summed E-state index contributed by atoms with van der Waals surface area (Å²) in [6.45, 7) is 3.37. The molecule has 0 bridgehead atoms. The molecule has 0 saturated carbocycles. The Bertz CT molecular complexity index is 762. The Morgan fingerprint density at radius 3 is 2.48 bits per heavy atom. The number of aromatic nitrogens is 2. The van der Waals surface area contributed by atoms with Crippen LogP contribution >= 0.6 is 0 Å². The van der Waals surface area contributed by atoms with Crippen LogP contribution in [0, 0.1) is 0 Å². The SMILES string of the molecule is CCC(=O)Nc1ccc(N2CCc3cc(OC)c(OC)cc3C2)nn1. The van der Waals surface area contributed by atoms with Crippen molar-refractivity contribution in [2.45, 2.75) is 26.3 Å². The van der Waals surface area contributed by atoms with Crippen LogP contribution in [0.15, 0.2) is 24.3 Å². The Labute approximate surface area is 147 Å². The molecule has 1 N–H and O–H groups in total. The van der Waals surface area contributed by atoms with Crippen molar-refractivity contribution >= 4 is 17.5 Å². The van der Waals surface area contributed by atoms with Gasteiger partial charge in [0, 0.05) is 19.5 Å². The van der Waals surface area contributed by atoms with Gasteiger partial charge in [-0.3, -0.25) is 4.79 Å². The van der Waals surface area contributed by atoms with E-state index in [1.807, 2.05) is 18.2 Å². The lowest BCUT2D eigenvalue weighted by Gasteiger charge is -2.30. The molecule has 0 aliphatic carbocycles. The van der Waals surface area contributed by atoms with E-state index in [1.165, 1.54) is 11.1 Å². The number of benzene rings is 1. The monoisotopic (exact) mass is 342 g/mol. The summed E-state index contributed by atoms with van der Waals surface area (Å²) in [7, 11) is 3.29.